The van der Waals surface area contributed by atoms with Crippen LogP contribution in [-0.2, 0) is 9.59 Å². The minimum Gasteiger partial charge on any atom is -0.507 e. The lowest BCUT2D eigenvalue weighted by atomic mass is 9.96. The van der Waals surface area contributed by atoms with Crippen molar-refractivity contribution in [1.29, 1.82) is 0 Å². The molecule has 0 aromatic heterocycles. The zero-order valence-corrected chi connectivity index (χ0v) is 14.2. The van der Waals surface area contributed by atoms with Gasteiger partial charge in [0.2, 0.25) is 0 Å². The molecule has 0 radical (unpaired) electrons. The molecule has 2 N–H and O–H groups in total. The Balaban J connectivity index is 2.07. The van der Waals surface area contributed by atoms with Crippen LogP contribution in [0, 0.1) is 10.1 Å². The van der Waals surface area contributed by atoms with E-state index < -0.39 is 22.7 Å². The standard InChI is InChI=1S/C17H11BrN2O5/c18-11-5-1-9(2-6-11)14-13(16(22)17(23)19-14)15(21)10-3-7-12(8-4-10)20(24)25/h1-8,14,21H,(H,19,23)/b15-13-. The first kappa shape index (κ1) is 16.8. The van der Waals surface area contributed by atoms with Crippen molar-refractivity contribution in [2.75, 3.05) is 0 Å². The number of nitrogens with zero attached hydrogens (tertiary/aromatic N) is 1. The number of nitrogens with one attached hydrogen (secondary N) is 1. The molecule has 0 spiro atoms. The predicted octanol–water partition coefficient (Wildman–Crippen LogP) is 3.07. The fourth-order valence-electron chi connectivity index (χ4n) is 2.57. The third kappa shape index (κ3) is 3.16. The number of hydrogen-bond donors (Lipinski definition) is 2. The molecule has 2 aromatic rings. The maximum Gasteiger partial charge on any atom is 0.293 e. The van der Waals surface area contributed by atoms with E-state index in [0.29, 0.717) is 5.56 Å². The van der Waals surface area contributed by atoms with Gasteiger partial charge in [-0.3, -0.25) is 19.7 Å². The molecule has 7 nitrogen and oxygen atoms in total. The summed E-state index contributed by atoms with van der Waals surface area (Å²) < 4.78 is 0.831. The number of hydrogen-bond acceptors (Lipinski definition) is 5. The van der Waals surface area contributed by atoms with Gasteiger partial charge in [0.25, 0.3) is 17.4 Å². The largest absolute Gasteiger partial charge is 0.507 e. The topological polar surface area (TPSA) is 110 Å². The average molecular weight is 403 g/mol. The van der Waals surface area contributed by atoms with Crippen molar-refractivity contribution in [3.05, 3.63) is 79.8 Å². The van der Waals surface area contributed by atoms with E-state index in [1.165, 1.54) is 24.3 Å². The number of nitro benzene ring substituents is 1. The monoisotopic (exact) mass is 402 g/mol. The third-order valence-corrected chi connectivity index (χ3v) is 4.35. The van der Waals surface area contributed by atoms with Crippen LogP contribution in [0.5, 0.6) is 0 Å². The van der Waals surface area contributed by atoms with Gasteiger partial charge < -0.3 is 10.4 Å². The number of halogens is 1. The maximum atomic E-state index is 12.2. The number of Topliss-reactive ketones (excluding diaryl/α,β-unsaturated/α-hetero) is 1. The first-order chi connectivity index (χ1) is 11.9. The first-order valence-corrected chi connectivity index (χ1v) is 7.96. The Hall–Kier alpha value is -3.00. The Labute approximate surface area is 150 Å². The number of aliphatic hydroxyl groups excluding tert-OH is 1. The Morgan fingerprint density at radius 1 is 1.08 bits per heavy atom. The van der Waals surface area contributed by atoms with Crippen molar-refractivity contribution < 1.29 is 19.6 Å². The highest BCUT2D eigenvalue weighted by atomic mass is 79.9. The Morgan fingerprint density at radius 3 is 2.24 bits per heavy atom. The zero-order chi connectivity index (χ0) is 18.1. The van der Waals surface area contributed by atoms with E-state index in [0.717, 1.165) is 4.47 Å². The number of nitro groups is 1. The summed E-state index contributed by atoms with van der Waals surface area (Å²) >= 11 is 3.31. The second-order valence-electron chi connectivity index (χ2n) is 5.35. The first-order valence-electron chi connectivity index (χ1n) is 7.17. The molecule has 1 aliphatic rings. The molecule has 1 fully saturated rings. The fraction of sp³-hybridized carbons (Fsp3) is 0.0588. The second kappa shape index (κ2) is 6.48. The number of ketones is 1. The van der Waals surface area contributed by atoms with Gasteiger partial charge in [-0.1, -0.05) is 28.1 Å². The van der Waals surface area contributed by atoms with Crippen molar-refractivity contribution in [3.8, 4) is 0 Å². The minimum absolute atomic E-state index is 0.0822. The van der Waals surface area contributed by atoms with Gasteiger partial charge in [0.05, 0.1) is 16.5 Å². The second-order valence-corrected chi connectivity index (χ2v) is 6.27. The molecule has 126 valence electrons. The van der Waals surface area contributed by atoms with Gasteiger partial charge in [-0.2, -0.15) is 0 Å². The number of non-ortho nitro benzene ring substituents is 1. The van der Waals surface area contributed by atoms with E-state index >= 15 is 0 Å². The summed E-state index contributed by atoms with van der Waals surface area (Å²) in [7, 11) is 0. The van der Waals surface area contributed by atoms with Crippen molar-refractivity contribution in [2.45, 2.75) is 6.04 Å². The number of aliphatic hydroxyl groups is 1. The van der Waals surface area contributed by atoms with Crippen molar-refractivity contribution in [3.63, 3.8) is 0 Å². The summed E-state index contributed by atoms with van der Waals surface area (Å²) in [5, 5.41) is 23.8. The highest BCUT2D eigenvalue weighted by Crippen LogP contribution is 2.33. The van der Waals surface area contributed by atoms with Crippen LogP contribution in [0.4, 0.5) is 5.69 Å². The van der Waals surface area contributed by atoms with E-state index in [-0.39, 0.29) is 22.6 Å². The molecule has 1 atom stereocenters. The van der Waals surface area contributed by atoms with Crippen LogP contribution >= 0.6 is 15.9 Å². The van der Waals surface area contributed by atoms with Crippen molar-refractivity contribution in [1.82, 2.24) is 5.32 Å². The van der Waals surface area contributed by atoms with Crippen LogP contribution in [0.2, 0.25) is 0 Å². The minimum atomic E-state index is -0.830. The van der Waals surface area contributed by atoms with E-state index in [1.54, 1.807) is 24.3 Å². The summed E-state index contributed by atoms with van der Waals surface area (Å²) in [6, 6.07) is 11.3. The van der Waals surface area contributed by atoms with E-state index in [2.05, 4.69) is 21.2 Å². The smallest absolute Gasteiger partial charge is 0.293 e. The van der Waals surface area contributed by atoms with Crippen LogP contribution < -0.4 is 5.32 Å². The Morgan fingerprint density at radius 2 is 1.68 bits per heavy atom. The molecule has 0 saturated carbocycles. The van der Waals surface area contributed by atoms with Crippen LogP contribution in [0.1, 0.15) is 17.2 Å². The lowest BCUT2D eigenvalue weighted by Gasteiger charge is -2.13. The highest BCUT2D eigenvalue weighted by Gasteiger charge is 2.39. The van der Waals surface area contributed by atoms with Gasteiger partial charge in [0, 0.05) is 22.2 Å². The quantitative estimate of drug-likeness (QED) is 0.269. The molecule has 0 bridgehead atoms. The lowest BCUT2D eigenvalue weighted by Crippen LogP contribution is -2.21. The van der Waals surface area contributed by atoms with Gasteiger partial charge >= 0.3 is 0 Å². The number of carbonyl (C=O) groups excluding carboxylic acids is 2. The predicted molar refractivity (Wildman–Crippen MR) is 92.7 cm³/mol. The normalized spacial score (nSPS) is 18.8. The van der Waals surface area contributed by atoms with E-state index in [1.807, 2.05) is 0 Å². The van der Waals surface area contributed by atoms with Gasteiger partial charge in [0.15, 0.2) is 0 Å². The molecule has 3 rings (SSSR count). The molecule has 1 aliphatic heterocycles. The molecule has 1 heterocycles. The summed E-state index contributed by atoms with van der Waals surface area (Å²) in [6.07, 6.45) is 0. The zero-order valence-electron chi connectivity index (χ0n) is 12.6. The third-order valence-electron chi connectivity index (χ3n) is 3.82. The molecule has 8 heteroatoms. The van der Waals surface area contributed by atoms with Crippen molar-refractivity contribution >= 4 is 39.1 Å². The van der Waals surface area contributed by atoms with Gasteiger partial charge in [-0.25, -0.2) is 0 Å². The molecule has 25 heavy (non-hydrogen) atoms. The lowest BCUT2D eigenvalue weighted by molar-refractivity contribution is -0.384. The van der Waals surface area contributed by atoms with Gasteiger partial charge in [-0.15, -0.1) is 0 Å². The van der Waals surface area contributed by atoms with Gasteiger partial charge in [-0.05, 0) is 29.8 Å². The molecule has 1 saturated heterocycles. The van der Waals surface area contributed by atoms with E-state index in [9.17, 15) is 24.8 Å². The summed E-state index contributed by atoms with van der Waals surface area (Å²) in [5.41, 5.74) is 0.623. The summed E-state index contributed by atoms with van der Waals surface area (Å²) in [6.45, 7) is 0. The maximum absolute atomic E-state index is 12.2. The van der Waals surface area contributed by atoms with Crippen LogP contribution in [0.3, 0.4) is 0 Å². The average Bonchev–Trinajstić information content (AvgIpc) is 2.90. The molecular weight excluding hydrogens is 392 g/mol. The Bertz CT molecular complexity index is 904. The SMILES string of the molecule is O=C1NC(c2ccc(Br)cc2)/C(=C(/O)c2ccc([N+](=O)[O-])cc2)C1=O. The summed E-state index contributed by atoms with van der Waals surface area (Å²) in [4.78, 5) is 34.2. The summed E-state index contributed by atoms with van der Waals surface area (Å²) in [5.74, 6) is -2.02. The van der Waals surface area contributed by atoms with Crippen molar-refractivity contribution in [2.24, 2.45) is 0 Å². The van der Waals surface area contributed by atoms with Crippen LogP contribution in [-0.4, -0.2) is 21.7 Å². The number of carbonyl (C=O) groups is 2. The Kier molecular flexibility index (Phi) is 4.37. The fourth-order valence-corrected chi connectivity index (χ4v) is 2.83. The molecular formula is C17H11BrN2O5. The molecule has 1 amide bonds. The van der Waals surface area contributed by atoms with Crippen LogP contribution in [0.15, 0.2) is 58.6 Å². The molecule has 1 unspecified atom stereocenters. The molecule has 2 aromatic carbocycles. The van der Waals surface area contributed by atoms with Crippen LogP contribution in [0.25, 0.3) is 5.76 Å². The number of rotatable bonds is 3. The van der Waals surface area contributed by atoms with E-state index in [4.69, 9.17) is 0 Å². The molecule has 0 aliphatic carbocycles. The van der Waals surface area contributed by atoms with Gasteiger partial charge in [0.1, 0.15) is 5.76 Å². The number of benzene rings is 2. The number of amides is 1. The highest BCUT2D eigenvalue weighted by molar-refractivity contribution is 9.10.